The summed E-state index contributed by atoms with van der Waals surface area (Å²) in [5, 5.41) is 11.5. The summed E-state index contributed by atoms with van der Waals surface area (Å²) in [4.78, 5) is 14.5. The normalized spacial score (nSPS) is 18.3. The predicted octanol–water partition coefficient (Wildman–Crippen LogP) is 2.09. The summed E-state index contributed by atoms with van der Waals surface area (Å²) < 4.78 is 1.85. The van der Waals surface area contributed by atoms with Crippen molar-refractivity contribution in [3.05, 3.63) is 35.4 Å². The largest absolute Gasteiger partial charge is 0.342 e. The number of amides is 1. The molecule has 0 radical (unpaired) electrons. The van der Waals surface area contributed by atoms with Gasteiger partial charge in [0.25, 0.3) is 0 Å². The topological polar surface area (TPSA) is 66.8 Å². The van der Waals surface area contributed by atoms with E-state index >= 15 is 0 Å². The van der Waals surface area contributed by atoms with Gasteiger partial charge in [-0.1, -0.05) is 0 Å². The Labute approximate surface area is 136 Å². The lowest BCUT2D eigenvalue weighted by Gasteiger charge is -2.33. The zero-order chi connectivity index (χ0) is 16.2. The van der Waals surface area contributed by atoms with Gasteiger partial charge in [0.1, 0.15) is 0 Å². The molecule has 0 aliphatic carbocycles. The summed E-state index contributed by atoms with van der Waals surface area (Å²) in [6, 6.07) is 1.97. The molecule has 1 N–H and O–H groups in total. The monoisotopic (exact) mass is 315 g/mol. The predicted molar refractivity (Wildman–Crippen MR) is 87.9 cm³/mol. The van der Waals surface area contributed by atoms with Crippen LogP contribution in [0.3, 0.4) is 0 Å². The molecule has 1 fully saturated rings. The molecule has 1 aliphatic rings. The number of piperidine rings is 1. The van der Waals surface area contributed by atoms with Crippen LogP contribution in [0.1, 0.15) is 36.2 Å². The van der Waals surface area contributed by atoms with Gasteiger partial charge >= 0.3 is 0 Å². The molecule has 6 nitrogen and oxygen atoms in total. The third-order valence-electron chi connectivity index (χ3n) is 4.63. The van der Waals surface area contributed by atoms with Crippen LogP contribution in [0.5, 0.6) is 0 Å². The standard InChI is InChI=1S/C17H25N5O/c1-13-11-18-19-16(13)10-15-4-3-7-21(12-15)17(23)6-9-22-8-5-14(2)20-22/h5,8,11,15H,3-4,6-7,9-10,12H2,1-2H3,(H,18,19)/t15-/m1/s1. The van der Waals surface area contributed by atoms with Crippen LogP contribution in [0.15, 0.2) is 18.5 Å². The first-order valence-corrected chi connectivity index (χ1v) is 8.38. The quantitative estimate of drug-likeness (QED) is 0.919. The zero-order valence-electron chi connectivity index (χ0n) is 14.0. The first kappa shape index (κ1) is 15.8. The Morgan fingerprint density at radius 1 is 1.43 bits per heavy atom. The Morgan fingerprint density at radius 2 is 2.30 bits per heavy atom. The van der Waals surface area contributed by atoms with Gasteiger partial charge in [0.05, 0.1) is 11.9 Å². The summed E-state index contributed by atoms with van der Waals surface area (Å²) in [6.07, 6.45) is 7.58. The Morgan fingerprint density at radius 3 is 3.00 bits per heavy atom. The lowest BCUT2D eigenvalue weighted by Crippen LogP contribution is -2.40. The van der Waals surface area contributed by atoms with Crippen LogP contribution in [0.2, 0.25) is 0 Å². The third kappa shape index (κ3) is 4.00. The minimum Gasteiger partial charge on any atom is -0.342 e. The lowest BCUT2D eigenvalue weighted by atomic mass is 9.92. The number of carbonyl (C=O) groups excluding carboxylic acids is 1. The number of hydrogen-bond donors (Lipinski definition) is 1. The van der Waals surface area contributed by atoms with Crippen LogP contribution in [0, 0.1) is 19.8 Å². The van der Waals surface area contributed by atoms with Crippen LogP contribution < -0.4 is 0 Å². The second kappa shape index (κ2) is 6.98. The van der Waals surface area contributed by atoms with Crippen molar-refractivity contribution < 1.29 is 4.79 Å². The van der Waals surface area contributed by atoms with Crippen molar-refractivity contribution in [2.45, 2.75) is 46.1 Å². The van der Waals surface area contributed by atoms with Crippen LogP contribution in [0.25, 0.3) is 0 Å². The molecule has 0 saturated carbocycles. The molecule has 0 spiro atoms. The van der Waals surface area contributed by atoms with Gasteiger partial charge in [-0.3, -0.25) is 14.6 Å². The lowest BCUT2D eigenvalue weighted by molar-refractivity contribution is -0.133. The SMILES string of the molecule is Cc1ccn(CCC(=O)N2CCC[C@H](Cc3[nH]ncc3C)C2)n1. The molecule has 3 heterocycles. The van der Waals surface area contributed by atoms with Crippen molar-refractivity contribution in [2.75, 3.05) is 13.1 Å². The first-order chi connectivity index (χ1) is 11.1. The molecule has 0 unspecified atom stereocenters. The number of aromatic amines is 1. The molecule has 2 aromatic rings. The Hall–Kier alpha value is -2.11. The van der Waals surface area contributed by atoms with Gasteiger partial charge in [-0.15, -0.1) is 0 Å². The third-order valence-corrected chi connectivity index (χ3v) is 4.63. The number of aromatic nitrogens is 4. The van der Waals surface area contributed by atoms with E-state index in [0.717, 1.165) is 31.6 Å². The molecule has 124 valence electrons. The van der Waals surface area contributed by atoms with Crippen LogP contribution in [-0.4, -0.2) is 43.9 Å². The van der Waals surface area contributed by atoms with E-state index in [-0.39, 0.29) is 5.91 Å². The maximum absolute atomic E-state index is 12.5. The summed E-state index contributed by atoms with van der Waals surface area (Å²) in [5.74, 6) is 0.767. The zero-order valence-corrected chi connectivity index (χ0v) is 14.0. The van der Waals surface area contributed by atoms with Crippen molar-refractivity contribution in [1.29, 1.82) is 0 Å². The number of carbonyl (C=O) groups is 1. The number of H-pyrrole nitrogens is 1. The average Bonchev–Trinajstić information content (AvgIpc) is 3.14. The second-order valence-electron chi connectivity index (χ2n) is 6.55. The van der Waals surface area contributed by atoms with E-state index in [9.17, 15) is 4.79 Å². The van der Waals surface area contributed by atoms with E-state index in [0.29, 0.717) is 18.9 Å². The number of nitrogens with zero attached hydrogens (tertiary/aromatic N) is 4. The van der Waals surface area contributed by atoms with Crippen molar-refractivity contribution >= 4 is 5.91 Å². The number of nitrogens with one attached hydrogen (secondary N) is 1. The fraction of sp³-hybridized carbons (Fsp3) is 0.588. The molecule has 1 saturated heterocycles. The highest BCUT2D eigenvalue weighted by Gasteiger charge is 2.24. The molecule has 6 heteroatoms. The molecule has 3 rings (SSSR count). The van der Waals surface area contributed by atoms with Gasteiger partial charge in [-0.25, -0.2) is 0 Å². The van der Waals surface area contributed by atoms with Crippen molar-refractivity contribution in [1.82, 2.24) is 24.9 Å². The average molecular weight is 315 g/mol. The molecule has 2 aromatic heterocycles. The van der Waals surface area contributed by atoms with Crippen molar-refractivity contribution in [3.63, 3.8) is 0 Å². The number of likely N-dealkylation sites (tertiary alicyclic amines) is 1. The van der Waals surface area contributed by atoms with Gasteiger partial charge in [0.15, 0.2) is 0 Å². The second-order valence-corrected chi connectivity index (χ2v) is 6.55. The Bertz CT molecular complexity index is 659. The highest BCUT2D eigenvalue weighted by molar-refractivity contribution is 5.76. The minimum absolute atomic E-state index is 0.240. The maximum Gasteiger partial charge on any atom is 0.224 e. The Balaban J connectivity index is 1.51. The highest BCUT2D eigenvalue weighted by Crippen LogP contribution is 2.21. The van der Waals surface area contributed by atoms with Crippen LogP contribution >= 0.6 is 0 Å². The van der Waals surface area contributed by atoms with E-state index < -0.39 is 0 Å². The molecule has 1 atom stereocenters. The van der Waals surface area contributed by atoms with Gasteiger partial charge < -0.3 is 4.90 Å². The number of hydrogen-bond acceptors (Lipinski definition) is 3. The fourth-order valence-corrected chi connectivity index (χ4v) is 3.28. The highest BCUT2D eigenvalue weighted by atomic mass is 16.2. The molecule has 1 aliphatic heterocycles. The summed E-state index contributed by atoms with van der Waals surface area (Å²) >= 11 is 0. The molecule has 0 aromatic carbocycles. The van der Waals surface area contributed by atoms with Crippen LogP contribution in [-0.2, 0) is 17.8 Å². The van der Waals surface area contributed by atoms with Crippen molar-refractivity contribution in [2.24, 2.45) is 5.92 Å². The van der Waals surface area contributed by atoms with E-state index in [1.54, 1.807) is 0 Å². The van der Waals surface area contributed by atoms with E-state index in [2.05, 4.69) is 22.2 Å². The van der Waals surface area contributed by atoms with Gasteiger partial charge in [0, 0.05) is 37.9 Å². The van der Waals surface area contributed by atoms with Gasteiger partial charge in [-0.05, 0) is 50.7 Å². The molecule has 0 bridgehead atoms. The Kier molecular flexibility index (Phi) is 4.79. The summed E-state index contributed by atoms with van der Waals surface area (Å²) in [6.45, 7) is 6.44. The summed E-state index contributed by atoms with van der Waals surface area (Å²) in [7, 11) is 0. The summed E-state index contributed by atoms with van der Waals surface area (Å²) in [5.41, 5.74) is 3.41. The van der Waals surface area contributed by atoms with Crippen molar-refractivity contribution in [3.8, 4) is 0 Å². The molecular weight excluding hydrogens is 290 g/mol. The smallest absolute Gasteiger partial charge is 0.224 e. The van der Waals surface area contributed by atoms with Gasteiger partial charge in [-0.2, -0.15) is 10.2 Å². The number of rotatable bonds is 5. The number of aryl methyl sites for hydroxylation is 3. The fourth-order valence-electron chi connectivity index (χ4n) is 3.28. The van der Waals surface area contributed by atoms with E-state index in [4.69, 9.17) is 0 Å². The van der Waals surface area contributed by atoms with E-state index in [1.165, 1.54) is 17.7 Å². The molecular formula is C17H25N5O. The van der Waals surface area contributed by atoms with Gasteiger partial charge in [0.2, 0.25) is 5.91 Å². The molecule has 23 heavy (non-hydrogen) atoms. The molecule has 1 amide bonds. The van der Waals surface area contributed by atoms with Crippen LogP contribution in [0.4, 0.5) is 0 Å². The minimum atomic E-state index is 0.240. The van der Waals surface area contributed by atoms with E-state index in [1.807, 2.05) is 35.0 Å². The maximum atomic E-state index is 12.5. The first-order valence-electron chi connectivity index (χ1n) is 8.38.